The summed E-state index contributed by atoms with van der Waals surface area (Å²) in [6.07, 6.45) is -3.53. The molecule has 12 heteroatoms. The van der Waals surface area contributed by atoms with Crippen molar-refractivity contribution in [3.05, 3.63) is 88.4 Å². The molecule has 6 rings (SSSR count). The smallest absolute Gasteiger partial charge is 0.430 e. The van der Waals surface area contributed by atoms with Gasteiger partial charge >= 0.3 is 12.1 Å². The molecule has 3 saturated heterocycles. The van der Waals surface area contributed by atoms with Gasteiger partial charge in [0.1, 0.15) is 24.9 Å². The maximum Gasteiger partial charge on any atom is 0.430 e. The average Bonchev–Trinajstić information content (AvgIpc) is 3.48. The van der Waals surface area contributed by atoms with E-state index in [2.05, 4.69) is 5.32 Å². The van der Waals surface area contributed by atoms with E-state index in [1.807, 2.05) is 47.8 Å². The van der Waals surface area contributed by atoms with E-state index in [1.54, 1.807) is 12.1 Å². The molecule has 2 aromatic carbocycles. The Morgan fingerprint density at radius 2 is 1.71 bits per heavy atom. The van der Waals surface area contributed by atoms with Gasteiger partial charge in [-0.05, 0) is 35.2 Å². The Hall–Kier alpha value is -3.77. The Morgan fingerprint density at radius 1 is 1.02 bits per heavy atom. The number of benzene rings is 2. The largest absolute Gasteiger partial charge is 0.542 e. The van der Waals surface area contributed by atoms with E-state index in [0.717, 1.165) is 36.4 Å². The molecule has 3 fully saturated rings. The number of carbonyl (C=O) groups is 3. The Bertz CT molecular complexity index is 1340. The summed E-state index contributed by atoms with van der Waals surface area (Å²) >= 11 is 1.48. The normalized spacial score (nSPS) is 22.1. The van der Waals surface area contributed by atoms with E-state index in [-0.39, 0.29) is 23.7 Å². The number of nitrogens with one attached hydrogen (secondary N) is 1. The van der Waals surface area contributed by atoms with E-state index in [1.165, 1.54) is 23.5 Å². The summed E-state index contributed by atoms with van der Waals surface area (Å²) in [5.74, 6) is -3.28. The molecule has 3 aliphatic heterocycles. The molecule has 218 valence electrons. The van der Waals surface area contributed by atoms with E-state index < -0.39 is 18.2 Å². The fourth-order valence-electron chi connectivity index (χ4n) is 5.28. The van der Waals surface area contributed by atoms with Crippen molar-refractivity contribution in [1.29, 1.82) is 0 Å². The van der Waals surface area contributed by atoms with Gasteiger partial charge < -0.3 is 24.4 Å². The van der Waals surface area contributed by atoms with Crippen LogP contribution < -0.4 is 10.4 Å². The third-order valence-electron chi connectivity index (χ3n) is 7.32. The van der Waals surface area contributed by atoms with Crippen molar-refractivity contribution in [3.8, 4) is 0 Å². The van der Waals surface area contributed by atoms with Gasteiger partial charge in [0, 0.05) is 24.4 Å². The first-order chi connectivity index (χ1) is 19.5. The molecule has 1 unspecified atom stereocenters. The third kappa shape index (κ3) is 7.92. The zero-order chi connectivity index (χ0) is 29.6. The second-order valence-electron chi connectivity index (χ2n) is 10.1. The van der Waals surface area contributed by atoms with Gasteiger partial charge in [0.2, 0.25) is 5.78 Å². The predicted molar refractivity (Wildman–Crippen MR) is 141 cm³/mol. The van der Waals surface area contributed by atoms with Gasteiger partial charge in [-0.3, -0.25) is 4.79 Å². The van der Waals surface area contributed by atoms with Gasteiger partial charge in [0.15, 0.2) is 12.1 Å². The molecule has 0 aliphatic carbocycles. The summed E-state index contributed by atoms with van der Waals surface area (Å²) in [6.45, 7) is 3.00. The lowest BCUT2D eigenvalue weighted by Crippen LogP contribution is -2.65. The number of esters is 1. The van der Waals surface area contributed by atoms with Crippen molar-refractivity contribution in [2.75, 3.05) is 31.5 Å². The molecule has 41 heavy (non-hydrogen) atoms. The number of piperidine rings is 3. The van der Waals surface area contributed by atoms with Gasteiger partial charge in [-0.2, -0.15) is 13.2 Å². The monoisotopic (exact) mass is 592 g/mol. The number of Topliss-reactive ketones (excluding diaryl/α,β-unsaturated/α-hetero) is 1. The van der Waals surface area contributed by atoms with Crippen molar-refractivity contribution in [2.24, 2.45) is 5.92 Å². The molecular formula is C29H28F4N2O5S. The number of thiophene rings is 1. The van der Waals surface area contributed by atoms with Gasteiger partial charge in [0.05, 0.1) is 18.0 Å². The van der Waals surface area contributed by atoms with Crippen LogP contribution in [0.5, 0.6) is 0 Å². The SMILES string of the molecule is O=C(C[N+]12CCC(CC1)[C@@H](OC(=O)C(Nc1cccc(F)c1)c1ccccc1)C2)c1cccs1.O=C([O-])C(F)(F)F. The topological polar surface area (TPSA) is 95.5 Å². The van der Waals surface area contributed by atoms with Crippen LogP contribution in [0.3, 0.4) is 0 Å². The molecule has 1 N–H and O–H groups in total. The molecule has 3 aliphatic rings. The van der Waals surface area contributed by atoms with Crippen molar-refractivity contribution in [1.82, 2.24) is 0 Å². The molecule has 0 amide bonds. The number of carbonyl (C=O) groups excluding carboxylic acids is 3. The van der Waals surface area contributed by atoms with Crippen LogP contribution >= 0.6 is 11.3 Å². The molecule has 0 spiro atoms. The standard InChI is InChI=1S/C27H28FN2O3S.C2HF3O2/c28-21-8-4-9-22(16-21)29-26(20-6-2-1-3-7-20)27(32)33-24-18-30(13-11-19(24)12-14-30)17-23(31)25-10-5-15-34-25;3-2(4,5)1(6)7/h1-10,15-16,19,24,26,29H,11-14,17-18H2;(H,6,7)/q+1;/p-1/t19?,24-,26?,30?;/m0./s1. The number of quaternary nitrogens is 1. The van der Waals surface area contributed by atoms with Crippen molar-refractivity contribution >= 4 is 34.7 Å². The number of aliphatic carboxylic acids is 1. The number of nitrogens with zero attached hydrogens (tertiary/aromatic N) is 1. The second-order valence-corrected chi connectivity index (χ2v) is 11.1. The van der Waals surface area contributed by atoms with Crippen LogP contribution in [0.4, 0.5) is 23.2 Å². The fraction of sp³-hybridized carbons (Fsp3) is 0.345. The van der Waals surface area contributed by atoms with E-state index in [9.17, 15) is 27.2 Å². The van der Waals surface area contributed by atoms with E-state index >= 15 is 0 Å². The quantitative estimate of drug-likeness (QED) is 0.181. The summed E-state index contributed by atoms with van der Waals surface area (Å²) in [7, 11) is 0. The predicted octanol–water partition coefficient (Wildman–Crippen LogP) is 4.37. The van der Waals surface area contributed by atoms with E-state index in [4.69, 9.17) is 14.6 Å². The molecule has 0 saturated carbocycles. The van der Waals surface area contributed by atoms with Crippen LogP contribution in [0.25, 0.3) is 0 Å². The van der Waals surface area contributed by atoms with Crippen LogP contribution in [0, 0.1) is 11.7 Å². The number of hydrogen-bond donors (Lipinski definition) is 1. The minimum Gasteiger partial charge on any atom is -0.542 e. The number of ether oxygens (including phenoxy) is 1. The Kier molecular flexibility index (Phi) is 9.44. The number of alkyl halides is 3. The average molecular weight is 593 g/mol. The highest BCUT2D eigenvalue weighted by Gasteiger charge is 2.49. The number of rotatable bonds is 8. The minimum atomic E-state index is -5.19. The van der Waals surface area contributed by atoms with Crippen LogP contribution in [-0.4, -0.2) is 60.7 Å². The van der Waals surface area contributed by atoms with Gasteiger partial charge in [-0.15, -0.1) is 11.3 Å². The molecule has 3 aromatic rings. The maximum atomic E-state index is 13.8. The molecule has 1 aromatic heterocycles. The molecule has 4 heterocycles. The van der Waals surface area contributed by atoms with Gasteiger partial charge in [-0.25, -0.2) is 9.18 Å². The summed E-state index contributed by atoms with van der Waals surface area (Å²) < 4.78 is 52.1. The molecule has 7 nitrogen and oxygen atoms in total. The van der Waals surface area contributed by atoms with E-state index in [0.29, 0.717) is 29.2 Å². The zero-order valence-corrected chi connectivity index (χ0v) is 22.6. The summed E-state index contributed by atoms with van der Waals surface area (Å²) in [5, 5.41) is 13.9. The van der Waals surface area contributed by atoms with Crippen molar-refractivity contribution in [3.63, 3.8) is 0 Å². The summed E-state index contributed by atoms with van der Waals surface area (Å²) in [5.41, 5.74) is 1.28. The highest BCUT2D eigenvalue weighted by atomic mass is 32.1. The Labute approximate surface area is 237 Å². The molecule has 2 bridgehead atoms. The number of halogens is 4. The lowest BCUT2D eigenvalue weighted by Gasteiger charge is -2.51. The number of carboxylic acids is 1. The number of anilines is 1. The number of hydrogen-bond acceptors (Lipinski definition) is 7. The highest BCUT2D eigenvalue weighted by Crippen LogP contribution is 2.37. The van der Waals surface area contributed by atoms with Crippen LogP contribution in [-0.2, 0) is 14.3 Å². The summed E-state index contributed by atoms with van der Waals surface area (Å²) in [4.78, 5) is 35.9. The Morgan fingerprint density at radius 3 is 2.29 bits per heavy atom. The maximum absolute atomic E-state index is 13.8. The zero-order valence-electron chi connectivity index (χ0n) is 21.8. The van der Waals surface area contributed by atoms with Gasteiger partial charge in [0.25, 0.3) is 0 Å². The first-order valence-electron chi connectivity index (χ1n) is 12.9. The first-order valence-corrected chi connectivity index (χ1v) is 13.8. The first kappa shape index (κ1) is 30.2. The van der Waals surface area contributed by atoms with Crippen LogP contribution in [0.15, 0.2) is 72.1 Å². The van der Waals surface area contributed by atoms with Crippen LogP contribution in [0.1, 0.15) is 34.1 Å². The van der Waals surface area contributed by atoms with Gasteiger partial charge in [-0.1, -0.05) is 42.5 Å². The fourth-order valence-corrected chi connectivity index (χ4v) is 5.94. The third-order valence-corrected chi connectivity index (χ3v) is 8.23. The number of fused-ring (bicyclic) bond motifs is 3. The number of carboxylic acid groups (broad SMARTS) is 1. The van der Waals surface area contributed by atoms with Crippen molar-refractivity contribution in [2.45, 2.75) is 31.2 Å². The lowest BCUT2D eigenvalue weighted by atomic mass is 9.83. The molecule has 0 radical (unpaired) electrons. The van der Waals surface area contributed by atoms with Crippen molar-refractivity contribution < 1.29 is 46.3 Å². The second kappa shape index (κ2) is 12.8. The minimum absolute atomic E-state index is 0.162. The Balaban J connectivity index is 0.000000493. The lowest BCUT2D eigenvalue weighted by molar-refractivity contribution is -0.938. The summed E-state index contributed by atoms with van der Waals surface area (Å²) in [6, 6.07) is 18.5. The molecule has 2 atom stereocenters. The molecular weight excluding hydrogens is 564 g/mol. The van der Waals surface area contributed by atoms with Crippen LogP contribution in [0.2, 0.25) is 0 Å². The highest BCUT2D eigenvalue weighted by molar-refractivity contribution is 7.12. The number of ketones is 1.